The Morgan fingerprint density at radius 1 is 1.00 bits per heavy atom. The lowest BCUT2D eigenvalue weighted by Gasteiger charge is -2.20. The Labute approximate surface area is 99.6 Å². The number of rotatable bonds is 2. The van der Waals surface area contributed by atoms with E-state index in [-0.39, 0.29) is 12.0 Å². The molecule has 0 radical (unpaired) electrons. The average Bonchev–Trinajstić information content (AvgIpc) is 2.24. The molecule has 0 aromatic heterocycles. The summed E-state index contributed by atoms with van der Waals surface area (Å²) < 4.78 is 76.3. The molecule has 7 heteroatoms. The van der Waals surface area contributed by atoms with Gasteiger partial charge in [0.25, 0.3) is 0 Å². The van der Waals surface area contributed by atoms with Gasteiger partial charge in [-0.3, -0.25) is 0 Å². The Bertz CT molecular complexity index is 432. The van der Waals surface area contributed by atoms with E-state index in [0.29, 0.717) is 6.07 Å². The first-order valence-electron chi connectivity index (χ1n) is 5.12. The summed E-state index contributed by atoms with van der Waals surface area (Å²) in [6.07, 6.45) is -9.71. The number of aryl methyl sites for hydroxylation is 1. The molecule has 1 nitrogen and oxygen atoms in total. The highest BCUT2D eigenvalue weighted by Gasteiger charge is 2.41. The van der Waals surface area contributed by atoms with E-state index in [0.717, 1.165) is 6.07 Å². The van der Waals surface area contributed by atoms with E-state index in [1.165, 1.54) is 6.92 Å². The van der Waals surface area contributed by atoms with Crippen molar-refractivity contribution in [3.05, 3.63) is 34.4 Å². The van der Waals surface area contributed by atoms with E-state index in [2.05, 4.69) is 0 Å². The van der Waals surface area contributed by atoms with Crippen LogP contribution in [0, 0.1) is 0 Å². The Hall–Kier alpha value is -1.24. The summed E-state index contributed by atoms with van der Waals surface area (Å²) in [6.45, 7) is 0.635. The minimum Gasteiger partial charge on any atom is -0.326 e. The van der Waals surface area contributed by atoms with Crippen molar-refractivity contribution in [3.63, 3.8) is 0 Å². The van der Waals surface area contributed by atoms with Gasteiger partial charge in [-0.1, -0.05) is 13.0 Å². The first-order chi connectivity index (χ1) is 8.12. The number of hydrogen-bond donors (Lipinski definition) is 1. The quantitative estimate of drug-likeness (QED) is 0.814. The van der Waals surface area contributed by atoms with Crippen LogP contribution in [-0.2, 0) is 25.3 Å². The van der Waals surface area contributed by atoms with Crippen LogP contribution in [0.5, 0.6) is 0 Å². The van der Waals surface area contributed by atoms with Crippen molar-refractivity contribution in [3.8, 4) is 0 Å². The van der Waals surface area contributed by atoms with Gasteiger partial charge in [0.05, 0.1) is 11.1 Å². The number of nitrogens with two attached hydrogens (primary N) is 1. The van der Waals surface area contributed by atoms with Crippen molar-refractivity contribution < 1.29 is 26.3 Å². The Kier molecular flexibility index (Phi) is 3.95. The molecule has 2 N–H and O–H groups in total. The summed E-state index contributed by atoms with van der Waals surface area (Å²) in [5.41, 5.74) is 1.40. The fourth-order valence-corrected chi connectivity index (χ4v) is 1.82. The normalized spacial score (nSPS) is 12.9. The van der Waals surface area contributed by atoms with E-state index in [1.807, 2.05) is 0 Å². The lowest BCUT2D eigenvalue weighted by molar-refractivity contribution is -0.144. The lowest BCUT2D eigenvalue weighted by atomic mass is 9.93. The predicted molar refractivity (Wildman–Crippen MR) is 53.7 cm³/mol. The van der Waals surface area contributed by atoms with E-state index in [9.17, 15) is 26.3 Å². The summed E-state index contributed by atoms with van der Waals surface area (Å²) in [4.78, 5) is 0. The molecule has 0 aliphatic heterocycles. The van der Waals surface area contributed by atoms with E-state index in [1.54, 1.807) is 0 Å². The van der Waals surface area contributed by atoms with Crippen LogP contribution in [0.2, 0.25) is 0 Å². The van der Waals surface area contributed by atoms with Crippen LogP contribution >= 0.6 is 0 Å². The maximum absolute atomic E-state index is 12.8. The molecule has 0 amide bonds. The molecule has 0 saturated carbocycles. The van der Waals surface area contributed by atoms with Crippen molar-refractivity contribution in [2.75, 3.05) is 0 Å². The molecular weight excluding hydrogens is 260 g/mol. The van der Waals surface area contributed by atoms with Crippen LogP contribution in [0.25, 0.3) is 0 Å². The topological polar surface area (TPSA) is 26.0 Å². The van der Waals surface area contributed by atoms with Crippen molar-refractivity contribution in [1.29, 1.82) is 0 Å². The maximum Gasteiger partial charge on any atom is 0.417 e. The molecule has 0 unspecified atom stereocenters. The first-order valence-corrected chi connectivity index (χ1v) is 5.12. The number of benzene rings is 1. The predicted octanol–water partition coefficient (Wildman–Crippen LogP) is 3.75. The van der Waals surface area contributed by atoms with Crippen LogP contribution in [0.4, 0.5) is 26.3 Å². The summed E-state index contributed by atoms with van der Waals surface area (Å²) in [7, 11) is 0. The summed E-state index contributed by atoms with van der Waals surface area (Å²) in [6, 6.07) is 1.50. The van der Waals surface area contributed by atoms with Gasteiger partial charge in [-0.05, 0) is 23.6 Å². The molecule has 18 heavy (non-hydrogen) atoms. The van der Waals surface area contributed by atoms with Crippen molar-refractivity contribution in [1.82, 2.24) is 0 Å². The molecule has 0 fully saturated rings. The molecule has 1 aromatic carbocycles. The smallest absolute Gasteiger partial charge is 0.326 e. The molecule has 0 spiro atoms. The maximum atomic E-state index is 12.8. The third-order valence-electron chi connectivity index (χ3n) is 2.57. The second kappa shape index (κ2) is 4.79. The van der Waals surface area contributed by atoms with Gasteiger partial charge < -0.3 is 5.73 Å². The van der Waals surface area contributed by atoms with Crippen LogP contribution in [0.15, 0.2) is 12.1 Å². The van der Waals surface area contributed by atoms with Crippen LogP contribution in [0.1, 0.15) is 29.2 Å². The van der Waals surface area contributed by atoms with Gasteiger partial charge in [0.2, 0.25) is 0 Å². The Morgan fingerprint density at radius 3 is 1.89 bits per heavy atom. The molecule has 102 valence electrons. The molecule has 1 rings (SSSR count). The summed E-state index contributed by atoms with van der Waals surface area (Å²) in [5, 5.41) is 0. The second-order valence-electron chi connectivity index (χ2n) is 3.68. The van der Waals surface area contributed by atoms with Crippen molar-refractivity contribution in [2.45, 2.75) is 32.2 Å². The van der Waals surface area contributed by atoms with Crippen molar-refractivity contribution in [2.24, 2.45) is 5.73 Å². The molecule has 0 atom stereocenters. The SMILES string of the molecule is CCc1ccc(C(F)(F)F)c(CN)c1C(F)(F)F. The highest BCUT2D eigenvalue weighted by molar-refractivity contribution is 5.44. The van der Waals surface area contributed by atoms with Crippen molar-refractivity contribution >= 4 is 0 Å². The highest BCUT2D eigenvalue weighted by Crippen LogP contribution is 2.41. The van der Waals surface area contributed by atoms with Crippen LogP contribution in [0.3, 0.4) is 0 Å². The third-order valence-corrected chi connectivity index (χ3v) is 2.57. The largest absolute Gasteiger partial charge is 0.417 e. The fraction of sp³-hybridized carbons (Fsp3) is 0.455. The summed E-state index contributed by atoms with van der Waals surface area (Å²) >= 11 is 0. The standard InChI is InChI=1S/C11H11F6N/c1-2-6-3-4-8(10(12,13)14)7(5-18)9(6)11(15,16)17/h3-4H,2,5,18H2,1H3. The zero-order valence-corrected chi connectivity index (χ0v) is 9.41. The van der Waals surface area contributed by atoms with Gasteiger partial charge >= 0.3 is 12.4 Å². The second-order valence-corrected chi connectivity index (χ2v) is 3.68. The molecule has 0 bridgehead atoms. The number of alkyl halides is 6. The molecule has 0 aliphatic rings. The molecular formula is C11H11F6N. The van der Waals surface area contributed by atoms with E-state index >= 15 is 0 Å². The lowest BCUT2D eigenvalue weighted by Crippen LogP contribution is -2.20. The van der Waals surface area contributed by atoms with Gasteiger partial charge in [-0.15, -0.1) is 0 Å². The Morgan fingerprint density at radius 2 is 1.56 bits per heavy atom. The minimum absolute atomic E-state index is 0.0139. The number of hydrogen-bond acceptors (Lipinski definition) is 1. The van der Waals surface area contributed by atoms with Gasteiger partial charge in [-0.25, -0.2) is 0 Å². The van der Waals surface area contributed by atoms with Crippen LogP contribution in [-0.4, -0.2) is 0 Å². The average molecular weight is 271 g/mol. The first kappa shape index (κ1) is 14.8. The minimum atomic E-state index is -4.85. The molecule has 0 saturated heterocycles. The van der Waals surface area contributed by atoms with Gasteiger partial charge in [0, 0.05) is 6.54 Å². The van der Waals surface area contributed by atoms with Gasteiger partial charge in [-0.2, -0.15) is 26.3 Å². The number of halogens is 6. The molecule has 0 heterocycles. The van der Waals surface area contributed by atoms with Gasteiger partial charge in [0.15, 0.2) is 0 Å². The van der Waals surface area contributed by atoms with E-state index < -0.39 is 35.6 Å². The highest BCUT2D eigenvalue weighted by atomic mass is 19.4. The van der Waals surface area contributed by atoms with Crippen LogP contribution < -0.4 is 5.73 Å². The van der Waals surface area contributed by atoms with E-state index in [4.69, 9.17) is 5.73 Å². The third kappa shape index (κ3) is 2.77. The zero-order chi connectivity index (χ0) is 14.1. The molecule has 1 aromatic rings. The Balaban J connectivity index is 3.64. The monoisotopic (exact) mass is 271 g/mol. The van der Waals surface area contributed by atoms with Gasteiger partial charge in [0.1, 0.15) is 0 Å². The summed E-state index contributed by atoms with van der Waals surface area (Å²) in [5.74, 6) is 0. The zero-order valence-electron chi connectivity index (χ0n) is 9.41. The molecule has 0 aliphatic carbocycles. The fourth-order valence-electron chi connectivity index (χ4n) is 1.82.